The van der Waals surface area contributed by atoms with Crippen LogP contribution in [0, 0.1) is 9.49 Å². The molecule has 2 N–H and O–H groups in total. The fraction of sp³-hybridized carbons (Fsp3) is 0.333. The number of hydrazine groups is 1. The Morgan fingerprint density at radius 1 is 1.33 bits per heavy atom. The molecular formula is C12H13IN2O3. The van der Waals surface area contributed by atoms with Crippen molar-refractivity contribution in [3.8, 4) is 5.75 Å². The van der Waals surface area contributed by atoms with Gasteiger partial charge in [-0.05, 0) is 53.6 Å². The number of rotatable bonds is 3. The predicted octanol–water partition coefficient (Wildman–Crippen LogP) is 1.47. The molecule has 1 aliphatic carbocycles. The Balaban J connectivity index is 1.95. The van der Waals surface area contributed by atoms with Crippen LogP contribution < -0.4 is 15.6 Å². The van der Waals surface area contributed by atoms with E-state index in [1.54, 1.807) is 25.3 Å². The van der Waals surface area contributed by atoms with Gasteiger partial charge in [0.15, 0.2) is 0 Å². The fourth-order valence-electron chi connectivity index (χ4n) is 1.45. The van der Waals surface area contributed by atoms with Crippen LogP contribution in [0.1, 0.15) is 23.2 Å². The van der Waals surface area contributed by atoms with Gasteiger partial charge >= 0.3 is 0 Å². The number of ether oxygens (including phenoxy) is 1. The van der Waals surface area contributed by atoms with Crippen molar-refractivity contribution in [1.82, 2.24) is 10.9 Å². The Bertz CT molecular complexity index is 486. The number of hydrogen-bond acceptors (Lipinski definition) is 3. The second kappa shape index (κ2) is 5.55. The summed E-state index contributed by atoms with van der Waals surface area (Å²) in [6, 6.07) is 5.08. The van der Waals surface area contributed by atoms with Crippen LogP contribution in [0.5, 0.6) is 5.75 Å². The van der Waals surface area contributed by atoms with E-state index in [0.29, 0.717) is 11.3 Å². The minimum atomic E-state index is -0.329. The number of carbonyl (C=O) groups excluding carboxylic acids is 2. The molecule has 2 rings (SSSR count). The van der Waals surface area contributed by atoms with E-state index in [-0.39, 0.29) is 17.7 Å². The fourth-order valence-corrected chi connectivity index (χ4v) is 2.18. The number of carbonyl (C=O) groups is 2. The standard InChI is InChI=1S/C12H13IN2O3/c1-18-10-5-4-8(6-9(10)13)12(17)15-14-11(16)7-2-3-7/h4-7H,2-3H2,1H3,(H,14,16)(H,15,17). The van der Waals surface area contributed by atoms with E-state index >= 15 is 0 Å². The molecule has 0 bridgehead atoms. The third-order valence-corrected chi connectivity index (χ3v) is 3.50. The lowest BCUT2D eigenvalue weighted by molar-refractivity contribution is -0.123. The lowest BCUT2D eigenvalue weighted by Crippen LogP contribution is -2.42. The Morgan fingerprint density at radius 2 is 2.06 bits per heavy atom. The van der Waals surface area contributed by atoms with E-state index < -0.39 is 0 Å². The highest BCUT2D eigenvalue weighted by Gasteiger charge is 2.29. The zero-order chi connectivity index (χ0) is 13.1. The normalized spacial score (nSPS) is 13.9. The second-order valence-electron chi connectivity index (χ2n) is 4.07. The van der Waals surface area contributed by atoms with E-state index in [4.69, 9.17) is 4.74 Å². The van der Waals surface area contributed by atoms with Gasteiger partial charge < -0.3 is 4.74 Å². The molecule has 0 unspecified atom stereocenters. The van der Waals surface area contributed by atoms with Crippen molar-refractivity contribution in [3.63, 3.8) is 0 Å². The minimum Gasteiger partial charge on any atom is -0.496 e. The lowest BCUT2D eigenvalue weighted by atomic mass is 10.2. The average molecular weight is 360 g/mol. The Kier molecular flexibility index (Phi) is 4.05. The molecular weight excluding hydrogens is 347 g/mol. The summed E-state index contributed by atoms with van der Waals surface area (Å²) in [5.41, 5.74) is 5.30. The van der Waals surface area contributed by atoms with Gasteiger partial charge in [0.25, 0.3) is 5.91 Å². The number of methoxy groups -OCH3 is 1. The van der Waals surface area contributed by atoms with Gasteiger partial charge in [-0.3, -0.25) is 20.4 Å². The van der Waals surface area contributed by atoms with Gasteiger partial charge in [0.2, 0.25) is 5.91 Å². The molecule has 0 saturated heterocycles. The molecule has 96 valence electrons. The molecule has 0 aliphatic heterocycles. The van der Waals surface area contributed by atoms with Crippen molar-refractivity contribution in [3.05, 3.63) is 27.3 Å². The maximum Gasteiger partial charge on any atom is 0.269 e. The second-order valence-corrected chi connectivity index (χ2v) is 5.23. The number of amides is 2. The van der Waals surface area contributed by atoms with Crippen molar-refractivity contribution in [2.75, 3.05) is 7.11 Å². The zero-order valence-corrected chi connectivity index (χ0v) is 12.0. The molecule has 0 radical (unpaired) electrons. The SMILES string of the molecule is COc1ccc(C(=O)NNC(=O)C2CC2)cc1I. The van der Waals surface area contributed by atoms with Crippen LogP contribution in [-0.4, -0.2) is 18.9 Å². The topological polar surface area (TPSA) is 67.4 Å². The Labute approximate surface area is 118 Å². The largest absolute Gasteiger partial charge is 0.496 e. The van der Waals surface area contributed by atoms with Gasteiger partial charge in [-0.1, -0.05) is 0 Å². The van der Waals surface area contributed by atoms with Crippen molar-refractivity contribution in [2.24, 2.45) is 5.92 Å². The Morgan fingerprint density at radius 3 is 2.61 bits per heavy atom. The summed E-state index contributed by atoms with van der Waals surface area (Å²) in [5, 5.41) is 0. The summed E-state index contributed by atoms with van der Waals surface area (Å²) >= 11 is 2.09. The number of nitrogens with one attached hydrogen (secondary N) is 2. The van der Waals surface area contributed by atoms with Crippen molar-refractivity contribution < 1.29 is 14.3 Å². The van der Waals surface area contributed by atoms with Crippen LogP contribution in [0.2, 0.25) is 0 Å². The number of halogens is 1. The highest BCUT2D eigenvalue weighted by atomic mass is 127. The average Bonchev–Trinajstić information content (AvgIpc) is 3.19. The van der Waals surface area contributed by atoms with Crippen LogP contribution >= 0.6 is 22.6 Å². The van der Waals surface area contributed by atoms with Crippen LogP contribution in [0.3, 0.4) is 0 Å². The first-order valence-corrected chi connectivity index (χ1v) is 6.63. The van der Waals surface area contributed by atoms with E-state index in [9.17, 15) is 9.59 Å². The van der Waals surface area contributed by atoms with Crippen molar-refractivity contribution >= 4 is 34.4 Å². The third-order valence-electron chi connectivity index (χ3n) is 2.66. The predicted molar refractivity (Wildman–Crippen MR) is 74.0 cm³/mol. The van der Waals surface area contributed by atoms with Gasteiger partial charge in [0, 0.05) is 11.5 Å². The molecule has 1 fully saturated rings. The smallest absolute Gasteiger partial charge is 0.269 e. The summed E-state index contributed by atoms with van der Waals surface area (Å²) in [5.74, 6) is 0.339. The zero-order valence-electron chi connectivity index (χ0n) is 9.83. The molecule has 0 heterocycles. The molecule has 5 nitrogen and oxygen atoms in total. The maximum absolute atomic E-state index is 11.8. The van der Waals surface area contributed by atoms with Gasteiger partial charge in [-0.2, -0.15) is 0 Å². The van der Waals surface area contributed by atoms with Crippen LogP contribution in [0.25, 0.3) is 0 Å². The Hall–Kier alpha value is -1.31. The van der Waals surface area contributed by atoms with Crippen molar-refractivity contribution in [1.29, 1.82) is 0 Å². The molecule has 18 heavy (non-hydrogen) atoms. The van der Waals surface area contributed by atoms with Crippen LogP contribution in [0.15, 0.2) is 18.2 Å². The third kappa shape index (κ3) is 3.12. The summed E-state index contributed by atoms with van der Waals surface area (Å²) < 4.78 is 5.95. The van der Waals surface area contributed by atoms with E-state index in [0.717, 1.165) is 16.4 Å². The molecule has 1 aromatic rings. The molecule has 1 aliphatic rings. The van der Waals surface area contributed by atoms with E-state index in [1.165, 1.54) is 0 Å². The molecule has 2 amide bonds. The molecule has 0 aromatic heterocycles. The van der Waals surface area contributed by atoms with E-state index in [1.807, 2.05) is 0 Å². The monoisotopic (exact) mass is 360 g/mol. The van der Waals surface area contributed by atoms with Crippen LogP contribution in [0.4, 0.5) is 0 Å². The minimum absolute atomic E-state index is 0.0707. The van der Waals surface area contributed by atoms with Crippen molar-refractivity contribution in [2.45, 2.75) is 12.8 Å². The number of benzene rings is 1. The molecule has 0 atom stereocenters. The summed E-state index contributed by atoms with van der Waals surface area (Å²) in [6.45, 7) is 0. The lowest BCUT2D eigenvalue weighted by Gasteiger charge is -2.08. The molecule has 1 aromatic carbocycles. The summed E-state index contributed by atoms with van der Waals surface area (Å²) in [6.07, 6.45) is 1.81. The van der Waals surface area contributed by atoms with E-state index in [2.05, 4.69) is 33.4 Å². The highest BCUT2D eigenvalue weighted by molar-refractivity contribution is 14.1. The van der Waals surface area contributed by atoms with Gasteiger partial charge in [-0.15, -0.1) is 0 Å². The molecule has 6 heteroatoms. The highest BCUT2D eigenvalue weighted by Crippen LogP contribution is 2.28. The summed E-state index contributed by atoms with van der Waals surface area (Å²) in [4.78, 5) is 23.1. The first kappa shape index (κ1) is 13.1. The first-order valence-electron chi connectivity index (χ1n) is 5.55. The first-order chi connectivity index (χ1) is 8.61. The van der Waals surface area contributed by atoms with Gasteiger partial charge in [0.1, 0.15) is 5.75 Å². The van der Waals surface area contributed by atoms with Crippen LogP contribution in [-0.2, 0) is 4.79 Å². The number of hydrogen-bond donors (Lipinski definition) is 2. The maximum atomic E-state index is 11.8. The summed E-state index contributed by atoms with van der Waals surface area (Å²) in [7, 11) is 1.58. The molecule has 0 spiro atoms. The quantitative estimate of drug-likeness (QED) is 0.634. The molecule has 1 saturated carbocycles. The van der Waals surface area contributed by atoms with Gasteiger partial charge in [0.05, 0.1) is 10.7 Å². The van der Waals surface area contributed by atoms with Gasteiger partial charge in [-0.25, -0.2) is 0 Å².